The first-order valence-corrected chi connectivity index (χ1v) is 6.43. The van der Waals surface area contributed by atoms with Gasteiger partial charge in [-0.1, -0.05) is 13.8 Å². The van der Waals surface area contributed by atoms with Gasteiger partial charge in [0, 0.05) is 12.8 Å². The third-order valence-electron chi connectivity index (χ3n) is 2.92. The molecule has 2 heterocycles. The lowest BCUT2D eigenvalue weighted by Gasteiger charge is -2.03. The normalized spacial score (nSPS) is 11.2. The number of aliphatic hydroxyl groups excluding tert-OH is 1. The molecule has 0 aliphatic carbocycles. The molecule has 0 saturated heterocycles. The number of nitrogens with zero attached hydrogens (tertiary/aromatic N) is 3. The zero-order valence-corrected chi connectivity index (χ0v) is 11.2. The second-order valence-electron chi connectivity index (χ2n) is 4.80. The Morgan fingerprint density at radius 3 is 2.74 bits per heavy atom. The quantitative estimate of drug-likeness (QED) is 0.901. The number of pyridine rings is 1. The SMILES string of the molecule is CC(C)c1nn(-c2ccc(F)cn2)cc1CCCO. The van der Waals surface area contributed by atoms with Crippen molar-refractivity contribution in [3.05, 3.63) is 41.6 Å². The Labute approximate surface area is 111 Å². The minimum Gasteiger partial charge on any atom is -0.396 e. The zero-order chi connectivity index (χ0) is 13.8. The molecule has 0 aliphatic rings. The van der Waals surface area contributed by atoms with E-state index in [1.807, 2.05) is 6.20 Å². The summed E-state index contributed by atoms with van der Waals surface area (Å²) in [4.78, 5) is 4.02. The topological polar surface area (TPSA) is 50.9 Å². The summed E-state index contributed by atoms with van der Waals surface area (Å²) in [6.45, 7) is 4.32. The first-order valence-electron chi connectivity index (χ1n) is 6.43. The van der Waals surface area contributed by atoms with E-state index < -0.39 is 0 Å². The van der Waals surface area contributed by atoms with Crippen LogP contribution in [-0.2, 0) is 6.42 Å². The second-order valence-corrected chi connectivity index (χ2v) is 4.80. The molecule has 0 atom stereocenters. The third-order valence-corrected chi connectivity index (χ3v) is 2.92. The smallest absolute Gasteiger partial charge is 0.153 e. The van der Waals surface area contributed by atoms with Gasteiger partial charge in [0.05, 0.1) is 11.9 Å². The molecule has 19 heavy (non-hydrogen) atoms. The first-order chi connectivity index (χ1) is 9.11. The molecule has 0 amide bonds. The summed E-state index contributed by atoms with van der Waals surface area (Å²) in [5.74, 6) is 0.537. The molecule has 0 bridgehead atoms. The molecular formula is C14H18FN3O. The highest BCUT2D eigenvalue weighted by Crippen LogP contribution is 2.20. The summed E-state index contributed by atoms with van der Waals surface area (Å²) >= 11 is 0. The summed E-state index contributed by atoms with van der Waals surface area (Å²) in [7, 11) is 0. The fourth-order valence-corrected chi connectivity index (χ4v) is 1.99. The maximum absolute atomic E-state index is 12.9. The van der Waals surface area contributed by atoms with Crippen molar-refractivity contribution in [1.82, 2.24) is 14.8 Å². The van der Waals surface area contributed by atoms with Gasteiger partial charge in [-0.05, 0) is 36.5 Å². The van der Waals surface area contributed by atoms with E-state index in [1.54, 1.807) is 10.7 Å². The molecule has 0 saturated carbocycles. The number of rotatable bonds is 5. The molecule has 0 spiro atoms. The van der Waals surface area contributed by atoms with E-state index in [9.17, 15) is 4.39 Å². The van der Waals surface area contributed by atoms with Crippen molar-refractivity contribution in [2.75, 3.05) is 6.61 Å². The molecular weight excluding hydrogens is 245 g/mol. The van der Waals surface area contributed by atoms with Crippen LogP contribution in [0.3, 0.4) is 0 Å². The second kappa shape index (κ2) is 5.93. The van der Waals surface area contributed by atoms with Gasteiger partial charge in [0.1, 0.15) is 5.82 Å². The number of hydrogen-bond donors (Lipinski definition) is 1. The maximum Gasteiger partial charge on any atom is 0.153 e. The Morgan fingerprint density at radius 2 is 2.16 bits per heavy atom. The largest absolute Gasteiger partial charge is 0.396 e. The van der Waals surface area contributed by atoms with Crippen LogP contribution in [-0.4, -0.2) is 26.5 Å². The molecule has 1 N–H and O–H groups in total. The zero-order valence-electron chi connectivity index (χ0n) is 11.2. The number of aromatic nitrogens is 3. The van der Waals surface area contributed by atoms with Crippen LogP contribution in [0, 0.1) is 5.82 Å². The molecule has 2 aromatic heterocycles. The van der Waals surface area contributed by atoms with Gasteiger partial charge in [0.15, 0.2) is 5.82 Å². The lowest BCUT2D eigenvalue weighted by Crippen LogP contribution is -2.00. The lowest BCUT2D eigenvalue weighted by molar-refractivity contribution is 0.288. The average molecular weight is 263 g/mol. The number of aliphatic hydroxyl groups is 1. The molecule has 0 fully saturated rings. The van der Waals surface area contributed by atoms with Crippen LogP contribution < -0.4 is 0 Å². The summed E-state index contributed by atoms with van der Waals surface area (Å²) in [6, 6.07) is 2.97. The Kier molecular flexibility index (Phi) is 4.27. The van der Waals surface area contributed by atoms with Crippen molar-refractivity contribution in [2.45, 2.75) is 32.6 Å². The van der Waals surface area contributed by atoms with E-state index in [4.69, 9.17) is 5.11 Å². The molecule has 102 valence electrons. The molecule has 2 aromatic rings. The predicted octanol–water partition coefficient (Wildman–Crippen LogP) is 2.45. The van der Waals surface area contributed by atoms with Crippen molar-refractivity contribution in [1.29, 1.82) is 0 Å². The summed E-state index contributed by atoms with van der Waals surface area (Å²) in [5, 5.41) is 13.4. The van der Waals surface area contributed by atoms with Gasteiger partial charge >= 0.3 is 0 Å². The molecule has 0 aromatic carbocycles. The van der Waals surface area contributed by atoms with Crippen molar-refractivity contribution >= 4 is 0 Å². The van der Waals surface area contributed by atoms with Crippen LogP contribution in [0.25, 0.3) is 5.82 Å². The van der Waals surface area contributed by atoms with E-state index in [0.29, 0.717) is 18.2 Å². The van der Waals surface area contributed by atoms with Gasteiger partial charge in [0.2, 0.25) is 0 Å². The Balaban J connectivity index is 2.33. The van der Waals surface area contributed by atoms with Gasteiger partial charge in [-0.15, -0.1) is 0 Å². The Bertz CT molecular complexity index is 534. The molecule has 5 heteroatoms. The highest BCUT2D eigenvalue weighted by atomic mass is 19.1. The molecule has 0 radical (unpaired) electrons. The van der Waals surface area contributed by atoms with Crippen LogP contribution in [0.15, 0.2) is 24.5 Å². The molecule has 4 nitrogen and oxygen atoms in total. The molecule has 0 aliphatic heterocycles. The Hall–Kier alpha value is -1.75. The number of hydrogen-bond acceptors (Lipinski definition) is 3. The van der Waals surface area contributed by atoms with Crippen molar-refractivity contribution in [3.63, 3.8) is 0 Å². The van der Waals surface area contributed by atoms with Crippen molar-refractivity contribution < 1.29 is 9.50 Å². The van der Waals surface area contributed by atoms with Crippen molar-refractivity contribution in [3.8, 4) is 5.82 Å². The highest BCUT2D eigenvalue weighted by Gasteiger charge is 2.13. The Morgan fingerprint density at radius 1 is 1.37 bits per heavy atom. The summed E-state index contributed by atoms with van der Waals surface area (Å²) in [6.07, 6.45) is 4.58. The van der Waals surface area contributed by atoms with Crippen LogP contribution >= 0.6 is 0 Å². The minimum atomic E-state index is -0.361. The van der Waals surface area contributed by atoms with Gasteiger partial charge in [-0.2, -0.15) is 5.10 Å². The number of halogens is 1. The third kappa shape index (κ3) is 3.17. The van der Waals surface area contributed by atoms with Gasteiger partial charge in [0.25, 0.3) is 0 Å². The van der Waals surface area contributed by atoms with Crippen LogP contribution in [0.5, 0.6) is 0 Å². The summed E-state index contributed by atoms with van der Waals surface area (Å²) in [5.41, 5.74) is 2.11. The fourth-order valence-electron chi connectivity index (χ4n) is 1.99. The first kappa shape index (κ1) is 13.7. The van der Waals surface area contributed by atoms with Gasteiger partial charge in [-0.25, -0.2) is 14.1 Å². The number of aryl methyl sites for hydroxylation is 1. The van der Waals surface area contributed by atoms with Crippen LogP contribution in [0.1, 0.15) is 37.4 Å². The monoisotopic (exact) mass is 263 g/mol. The average Bonchev–Trinajstić information content (AvgIpc) is 2.81. The standard InChI is InChI=1S/C14H18FN3O/c1-10(2)14-11(4-3-7-19)9-18(17-14)13-6-5-12(15)8-16-13/h5-6,8-10,19H,3-4,7H2,1-2H3. The molecule has 0 unspecified atom stereocenters. The van der Waals surface area contributed by atoms with Crippen LogP contribution in [0.2, 0.25) is 0 Å². The van der Waals surface area contributed by atoms with E-state index >= 15 is 0 Å². The summed E-state index contributed by atoms with van der Waals surface area (Å²) < 4.78 is 14.5. The van der Waals surface area contributed by atoms with E-state index in [2.05, 4.69) is 23.9 Å². The van der Waals surface area contributed by atoms with Crippen LogP contribution in [0.4, 0.5) is 4.39 Å². The lowest BCUT2D eigenvalue weighted by atomic mass is 10.0. The maximum atomic E-state index is 12.9. The van der Waals surface area contributed by atoms with E-state index in [0.717, 1.165) is 17.7 Å². The van der Waals surface area contributed by atoms with E-state index in [1.165, 1.54) is 12.3 Å². The fraction of sp³-hybridized carbons (Fsp3) is 0.429. The molecule has 2 rings (SSSR count). The van der Waals surface area contributed by atoms with Crippen molar-refractivity contribution in [2.24, 2.45) is 0 Å². The van der Waals surface area contributed by atoms with E-state index in [-0.39, 0.29) is 12.4 Å². The predicted molar refractivity (Wildman–Crippen MR) is 70.8 cm³/mol. The van der Waals surface area contributed by atoms with Gasteiger partial charge in [-0.3, -0.25) is 0 Å². The van der Waals surface area contributed by atoms with Gasteiger partial charge < -0.3 is 5.11 Å². The highest BCUT2D eigenvalue weighted by molar-refractivity contribution is 5.28. The minimum absolute atomic E-state index is 0.164.